The molecule has 162 valence electrons. The van der Waals surface area contributed by atoms with Crippen LogP contribution in [0.2, 0.25) is 0 Å². The van der Waals surface area contributed by atoms with E-state index >= 15 is 0 Å². The molecule has 2 N–H and O–H groups in total. The van der Waals surface area contributed by atoms with E-state index in [1.807, 2.05) is 30.5 Å². The van der Waals surface area contributed by atoms with E-state index in [9.17, 15) is 9.59 Å². The number of fused-ring (bicyclic) bond motifs is 1. The molecule has 9 nitrogen and oxygen atoms in total. The van der Waals surface area contributed by atoms with Crippen LogP contribution in [-0.2, 0) is 22.4 Å². The number of oxazole rings is 1. The summed E-state index contributed by atoms with van der Waals surface area (Å²) in [5.41, 5.74) is 10.2. The number of benzene rings is 1. The smallest absolute Gasteiger partial charge is 0.408 e. The van der Waals surface area contributed by atoms with Crippen LogP contribution >= 0.6 is 0 Å². The monoisotopic (exact) mass is 423 g/mol. The second-order valence-electron chi connectivity index (χ2n) is 8.21. The van der Waals surface area contributed by atoms with Crippen LogP contribution < -0.4 is 5.32 Å². The maximum Gasteiger partial charge on any atom is 0.408 e. The van der Waals surface area contributed by atoms with Crippen LogP contribution in [0.15, 0.2) is 34.9 Å². The number of carbonyl (C=O) groups is 2. The third kappa shape index (κ3) is 5.67. The summed E-state index contributed by atoms with van der Waals surface area (Å²) in [6, 6.07) is 7.22. The molecule has 31 heavy (non-hydrogen) atoms. The predicted octanol–water partition coefficient (Wildman–Crippen LogP) is 3.69. The molecule has 3 rings (SSSR count). The van der Waals surface area contributed by atoms with Crippen molar-refractivity contribution >= 4 is 29.0 Å². The van der Waals surface area contributed by atoms with E-state index in [2.05, 4.69) is 20.1 Å². The number of ketones is 1. The number of ether oxygens (including phenoxy) is 1. The molecule has 0 aliphatic rings. The number of amides is 1. The average Bonchev–Trinajstić information content (AvgIpc) is 3.24. The van der Waals surface area contributed by atoms with Crippen LogP contribution in [0, 0.1) is 6.92 Å². The van der Waals surface area contributed by atoms with Crippen LogP contribution in [0.3, 0.4) is 0 Å². The number of rotatable bonds is 7. The number of Topliss-reactive ketones (excluding diaryl/α,β-unsaturated/α-hetero) is 1. The number of aromatic amines is 1. The van der Waals surface area contributed by atoms with E-state index in [0.29, 0.717) is 17.9 Å². The van der Waals surface area contributed by atoms with Gasteiger partial charge in [-0.1, -0.05) is 18.2 Å². The largest absolute Gasteiger partial charge is 0.444 e. The number of aryl methyl sites for hydroxylation is 1. The number of alkyl carbamates (subject to hydrolysis) is 1. The highest BCUT2D eigenvalue weighted by atomic mass is 16.6. The Morgan fingerprint density at radius 1 is 1.35 bits per heavy atom. The van der Waals surface area contributed by atoms with Crippen LogP contribution in [0.1, 0.15) is 49.7 Å². The van der Waals surface area contributed by atoms with Gasteiger partial charge in [-0.15, -0.1) is 0 Å². The number of nitrogens with zero attached hydrogens (tertiary/aromatic N) is 3. The first-order chi connectivity index (χ1) is 14.7. The summed E-state index contributed by atoms with van der Waals surface area (Å²) in [7, 11) is 0. The summed E-state index contributed by atoms with van der Waals surface area (Å²) in [5.74, 6) is 0.292. The Balaban J connectivity index is 1.91. The molecule has 0 spiro atoms. The molecule has 1 aromatic carbocycles. The Morgan fingerprint density at radius 2 is 2.10 bits per heavy atom. The van der Waals surface area contributed by atoms with Crippen molar-refractivity contribution in [3.8, 4) is 0 Å². The topological polar surface area (TPSA) is 134 Å². The molecule has 1 atom stereocenters. The average molecular weight is 423 g/mol. The van der Waals surface area contributed by atoms with E-state index in [0.717, 1.165) is 22.7 Å². The van der Waals surface area contributed by atoms with Crippen molar-refractivity contribution in [2.24, 2.45) is 0 Å². The summed E-state index contributed by atoms with van der Waals surface area (Å²) in [5, 5.41) is 3.85. The van der Waals surface area contributed by atoms with Crippen molar-refractivity contribution in [2.75, 3.05) is 0 Å². The van der Waals surface area contributed by atoms with Gasteiger partial charge in [0.15, 0.2) is 0 Å². The standard InChI is InChI=1S/C22H25N5O4/c1-13-18(10-15(28)12-25-23)26-20(30-13)19(27-21(29)31-22(2,3)4)9-14-11-24-17-8-6-5-7-16(14)17/h5-8,11-12,19,24H,9-10H2,1-4H3,(H,27,29)/t19-/m1/s1. The summed E-state index contributed by atoms with van der Waals surface area (Å²) < 4.78 is 11.2. The van der Waals surface area contributed by atoms with Gasteiger partial charge in [0.25, 0.3) is 0 Å². The summed E-state index contributed by atoms with van der Waals surface area (Å²) in [6.45, 7) is 7.03. The minimum Gasteiger partial charge on any atom is -0.444 e. The number of H-pyrrole nitrogens is 1. The number of carbonyl (C=O) groups excluding carboxylic acids is 2. The van der Waals surface area contributed by atoms with E-state index in [4.69, 9.17) is 14.7 Å². The molecule has 0 aliphatic carbocycles. The first kappa shape index (κ1) is 22.0. The number of hydrogen-bond acceptors (Lipinski definition) is 5. The van der Waals surface area contributed by atoms with Crippen molar-refractivity contribution in [3.05, 3.63) is 58.9 Å². The van der Waals surface area contributed by atoms with Gasteiger partial charge in [-0.2, -0.15) is 4.79 Å². The number of aromatic nitrogens is 2. The summed E-state index contributed by atoms with van der Waals surface area (Å²) in [6.07, 6.45) is 2.42. The Labute approximate surface area is 179 Å². The molecule has 0 fully saturated rings. The molecule has 0 saturated heterocycles. The molecule has 3 aromatic rings. The fourth-order valence-electron chi connectivity index (χ4n) is 3.21. The third-order valence-electron chi connectivity index (χ3n) is 4.54. The highest BCUT2D eigenvalue weighted by molar-refractivity contribution is 6.25. The maximum atomic E-state index is 12.5. The highest BCUT2D eigenvalue weighted by Gasteiger charge is 2.26. The fourth-order valence-corrected chi connectivity index (χ4v) is 3.21. The molecule has 2 heterocycles. The Hall–Kier alpha value is -3.71. The van der Waals surface area contributed by atoms with Crippen LogP contribution in [0.25, 0.3) is 16.4 Å². The van der Waals surface area contributed by atoms with Gasteiger partial charge in [-0.05, 0) is 39.3 Å². The SMILES string of the molecule is Cc1oc([C@@H](Cc2c[nH]c3ccccc23)NC(=O)OC(C)(C)C)nc1CC(=O)C=[N+]=[N-]. The third-order valence-corrected chi connectivity index (χ3v) is 4.54. The molecular weight excluding hydrogens is 398 g/mol. The van der Waals surface area contributed by atoms with Crippen LogP contribution in [0.5, 0.6) is 0 Å². The number of hydrogen-bond donors (Lipinski definition) is 2. The van der Waals surface area contributed by atoms with E-state index in [-0.39, 0.29) is 12.3 Å². The van der Waals surface area contributed by atoms with Crippen molar-refractivity contribution in [1.29, 1.82) is 0 Å². The van der Waals surface area contributed by atoms with Crippen molar-refractivity contribution in [2.45, 2.75) is 52.2 Å². The zero-order valence-corrected chi connectivity index (χ0v) is 17.9. The van der Waals surface area contributed by atoms with E-state index in [1.54, 1.807) is 27.7 Å². The van der Waals surface area contributed by atoms with Gasteiger partial charge >= 0.3 is 12.3 Å². The second-order valence-corrected chi connectivity index (χ2v) is 8.21. The lowest BCUT2D eigenvalue weighted by atomic mass is 10.0. The zero-order valence-electron chi connectivity index (χ0n) is 17.9. The number of nitrogens with one attached hydrogen (secondary N) is 2. The Bertz CT molecular complexity index is 1150. The molecule has 0 unspecified atom stereocenters. The van der Waals surface area contributed by atoms with Gasteiger partial charge in [-0.3, -0.25) is 4.79 Å². The first-order valence-corrected chi connectivity index (χ1v) is 9.87. The van der Waals surface area contributed by atoms with Gasteiger partial charge in [0.05, 0.1) is 12.1 Å². The molecule has 1 amide bonds. The van der Waals surface area contributed by atoms with Gasteiger partial charge in [0.1, 0.15) is 17.4 Å². The summed E-state index contributed by atoms with van der Waals surface area (Å²) >= 11 is 0. The number of para-hydroxylation sites is 1. The Kier molecular flexibility index (Phi) is 6.36. The van der Waals surface area contributed by atoms with Crippen molar-refractivity contribution < 1.29 is 23.5 Å². The van der Waals surface area contributed by atoms with E-state index in [1.165, 1.54) is 0 Å². The Morgan fingerprint density at radius 3 is 2.81 bits per heavy atom. The lowest BCUT2D eigenvalue weighted by Gasteiger charge is -2.22. The fraction of sp³-hybridized carbons (Fsp3) is 0.364. The lowest BCUT2D eigenvalue weighted by Crippen LogP contribution is -2.36. The minimum absolute atomic E-state index is 0.0777. The molecule has 2 aromatic heterocycles. The quantitative estimate of drug-likeness (QED) is 0.340. The van der Waals surface area contributed by atoms with Gasteiger partial charge < -0.3 is 25.0 Å². The van der Waals surface area contributed by atoms with Crippen LogP contribution in [-0.4, -0.2) is 38.4 Å². The first-order valence-electron chi connectivity index (χ1n) is 9.87. The molecule has 0 aliphatic heterocycles. The molecule has 0 saturated carbocycles. The molecule has 0 bridgehead atoms. The van der Waals surface area contributed by atoms with Gasteiger partial charge in [0.2, 0.25) is 11.7 Å². The van der Waals surface area contributed by atoms with Crippen molar-refractivity contribution in [3.63, 3.8) is 0 Å². The normalized spacial score (nSPS) is 12.3. The molecular formula is C22H25N5O4. The van der Waals surface area contributed by atoms with Gasteiger partial charge in [-0.25, -0.2) is 9.78 Å². The maximum absolute atomic E-state index is 12.5. The zero-order chi connectivity index (χ0) is 22.6. The molecule has 9 heteroatoms. The minimum atomic E-state index is -0.664. The lowest BCUT2D eigenvalue weighted by molar-refractivity contribution is -0.115. The predicted molar refractivity (Wildman–Crippen MR) is 114 cm³/mol. The van der Waals surface area contributed by atoms with Crippen molar-refractivity contribution in [1.82, 2.24) is 15.3 Å². The summed E-state index contributed by atoms with van der Waals surface area (Å²) in [4.78, 5) is 34.7. The van der Waals surface area contributed by atoms with Crippen LogP contribution in [0.4, 0.5) is 4.79 Å². The molecule has 0 radical (unpaired) electrons. The second kappa shape index (κ2) is 8.97. The highest BCUT2D eigenvalue weighted by Crippen LogP contribution is 2.26. The van der Waals surface area contributed by atoms with Gasteiger partial charge in [0, 0.05) is 23.5 Å². The van der Waals surface area contributed by atoms with E-state index < -0.39 is 23.5 Å².